The van der Waals surface area contributed by atoms with Crippen LogP contribution in [0.2, 0.25) is 0 Å². The fraction of sp³-hybridized carbons (Fsp3) is 0.364. The van der Waals surface area contributed by atoms with E-state index in [-0.39, 0.29) is 18.2 Å². The minimum absolute atomic E-state index is 0.0907. The molecule has 0 aliphatic rings. The molecule has 6 heteroatoms. The summed E-state index contributed by atoms with van der Waals surface area (Å²) in [7, 11) is 1.63. The molecule has 0 radical (unpaired) electrons. The number of nitrogens with zero attached hydrogens (tertiary/aromatic N) is 1. The number of para-hydroxylation sites is 1. The number of hydrogen-bond acceptors (Lipinski definition) is 4. The standard InChI is InChI=1S/C22H28N2O4/c1-4-28-20-11-9-19(10-12-20)24(17(2)25)16-14-22(26)23-15-13-18-7-5-6-8-21(18)27-3/h5-12H,4,13-16H2,1-3H3,(H,23,26). The van der Waals surface area contributed by atoms with Crippen LogP contribution < -0.4 is 19.7 Å². The lowest BCUT2D eigenvalue weighted by Crippen LogP contribution is -2.34. The third kappa shape index (κ3) is 6.30. The molecule has 28 heavy (non-hydrogen) atoms. The Morgan fingerprint density at radius 2 is 1.79 bits per heavy atom. The molecule has 2 amide bonds. The first kappa shape index (κ1) is 21.3. The van der Waals surface area contributed by atoms with Crippen LogP contribution in [0, 0.1) is 0 Å². The van der Waals surface area contributed by atoms with Crippen molar-refractivity contribution in [3.8, 4) is 11.5 Å². The molecule has 0 spiro atoms. The van der Waals surface area contributed by atoms with Crippen LogP contribution in [0.25, 0.3) is 0 Å². The smallest absolute Gasteiger partial charge is 0.223 e. The van der Waals surface area contributed by atoms with Gasteiger partial charge in [-0.15, -0.1) is 0 Å². The van der Waals surface area contributed by atoms with Crippen molar-refractivity contribution in [2.75, 3.05) is 31.7 Å². The predicted octanol–water partition coefficient (Wildman–Crippen LogP) is 3.20. The van der Waals surface area contributed by atoms with Gasteiger partial charge in [-0.2, -0.15) is 0 Å². The zero-order chi connectivity index (χ0) is 20.4. The number of methoxy groups -OCH3 is 1. The van der Waals surface area contributed by atoms with E-state index in [4.69, 9.17) is 9.47 Å². The SMILES string of the molecule is CCOc1ccc(N(CCC(=O)NCCc2ccccc2OC)C(C)=O)cc1. The van der Waals surface area contributed by atoms with Crippen molar-refractivity contribution in [2.24, 2.45) is 0 Å². The zero-order valence-electron chi connectivity index (χ0n) is 16.7. The topological polar surface area (TPSA) is 67.9 Å². The van der Waals surface area contributed by atoms with E-state index in [1.54, 1.807) is 12.0 Å². The van der Waals surface area contributed by atoms with Crippen molar-refractivity contribution in [3.05, 3.63) is 54.1 Å². The van der Waals surface area contributed by atoms with Gasteiger partial charge in [0.25, 0.3) is 0 Å². The van der Waals surface area contributed by atoms with Gasteiger partial charge < -0.3 is 19.7 Å². The minimum atomic E-state index is -0.106. The minimum Gasteiger partial charge on any atom is -0.496 e. The molecule has 0 aromatic heterocycles. The maximum absolute atomic E-state index is 12.2. The number of carbonyl (C=O) groups is 2. The van der Waals surface area contributed by atoms with Gasteiger partial charge in [0.15, 0.2) is 0 Å². The van der Waals surface area contributed by atoms with Crippen LogP contribution in [-0.2, 0) is 16.0 Å². The Labute approximate surface area is 166 Å². The van der Waals surface area contributed by atoms with Gasteiger partial charge in [-0.3, -0.25) is 9.59 Å². The van der Waals surface area contributed by atoms with E-state index in [0.29, 0.717) is 26.1 Å². The second kappa shape index (κ2) is 11.0. The van der Waals surface area contributed by atoms with Crippen LogP contribution in [0.15, 0.2) is 48.5 Å². The summed E-state index contributed by atoms with van der Waals surface area (Å²) in [6, 6.07) is 15.0. The van der Waals surface area contributed by atoms with Crippen molar-refractivity contribution >= 4 is 17.5 Å². The summed E-state index contributed by atoms with van der Waals surface area (Å²) in [5.41, 5.74) is 1.79. The second-order valence-corrected chi connectivity index (χ2v) is 6.26. The molecule has 0 aliphatic heterocycles. The summed E-state index contributed by atoms with van der Waals surface area (Å²) in [4.78, 5) is 25.8. The van der Waals surface area contributed by atoms with E-state index in [1.165, 1.54) is 6.92 Å². The number of hydrogen-bond donors (Lipinski definition) is 1. The molecule has 1 N–H and O–H groups in total. The van der Waals surface area contributed by atoms with Crippen molar-refractivity contribution in [1.82, 2.24) is 5.32 Å². The summed E-state index contributed by atoms with van der Waals surface area (Å²) in [6.45, 7) is 4.84. The van der Waals surface area contributed by atoms with Gasteiger partial charge in [0.2, 0.25) is 11.8 Å². The molecule has 2 rings (SSSR count). The first-order valence-corrected chi connectivity index (χ1v) is 9.44. The molecule has 2 aromatic carbocycles. The fourth-order valence-electron chi connectivity index (χ4n) is 2.91. The number of anilines is 1. The lowest BCUT2D eigenvalue weighted by Gasteiger charge is -2.21. The summed E-state index contributed by atoms with van der Waals surface area (Å²) in [5, 5.41) is 2.90. The lowest BCUT2D eigenvalue weighted by molar-refractivity contribution is -0.121. The molecule has 0 heterocycles. The molecule has 2 aromatic rings. The molecule has 0 aliphatic carbocycles. The van der Waals surface area contributed by atoms with Gasteiger partial charge >= 0.3 is 0 Å². The third-order valence-electron chi connectivity index (χ3n) is 4.31. The second-order valence-electron chi connectivity index (χ2n) is 6.26. The van der Waals surface area contributed by atoms with Crippen molar-refractivity contribution < 1.29 is 19.1 Å². The number of amides is 2. The first-order chi connectivity index (χ1) is 13.5. The monoisotopic (exact) mass is 384 g/mol. The number of ether oxygens (including phenoxy) is 2. The Bertz CT molecular complexity index is 774. The summed E-state index contributed by atoms with van der Waals surface area (Å²) in [6.07, 6.45) is 0.920. The Kier molecular flexibility index (Phi) is 8.34. The van der Waals surface area contributed by atoms with E-state index in [9.17, 15) is 9.59 Å². The summed E-state index contributed by atoms with van der Waals surface area (Å²) >= 11 is 0. The van der Waals surface area contributed by atoms with Crippen LogP contribution in [-0.4, -0.2) is 38.6 Å². The summed E-state index contributed by atoms with van der Waals surface area (Å²) < 4.78 is 10.7. The predicted molar refractivity (Wildman–Crippen MR) is 110 cm³/mol. The quantitative estimate of drug-likeness (QED) is 0.683. The molecule has 0 unspecified atom stereocenters. The molecular weight excluding hydrogens is 356 g/mol. The van der Waals surface area contributed by atoms with E-state index >= 15 is 0 Å². The van der Waals surface area contributed by atoms with Crippen LogP contribution in [0.4, 0.5) is 5.69 Å². The molecule has 150 valence electrons. The van der Waals surface area contributed by atoms with Crippen LogP contribution in [0.1, 0.15) is 25.8 Å². The van der Waals surface area contributed by atoms with E-state index in [2.05, 4.69) is 5.32 Å². The molecule has 0 fully saturated rings. The highest BCUT2D eigenvalue weighted by Crippen LogP contribution is 2.20. The number of nitrogens with one attached hydrogen (secondary N) is 1. The Hall–Kier alpha value is -3.02. The molecular formula is C22H28N2O4. The van der Waals surface area contributed by atoms with E-state index < -0.39 is 0 Å². The average Bonchev–Trinajstić information content (AvgIpc) is 2.69. The van der Waals surface area contributed by atoms with Gasteiger partial charge in [0.05, 0.1) is 13.7 Å². The lowest BCUT2D eigenvalue weighted by atomic mass is 10.1. The molecule has 6 nitrogen and oxygen atoms in total. The zero-order valence-corrected chi connectivity index (χ0v) is 16.7. The van der Waals surface area contributed by atoms with Crippen molar-refractivity contribution in [1.29, 1.82) is 0 Å². The van der Waals surface area contributed by atoms with Crippen molar-refractivity contribution in [3.63, 3.8) is 0 Å². The summed E-state index contributed by atoms with van der Waals surface area (Å²) in [5.74, 6) is 1.37. The van der Waals surface area contributed by atoms with Gasteiger partial charge in [-0.25, -0.2) is 0 Å². The van der Waals surface area contributed by atoms with Crippen LogP contribution in [0.3, 0.4) is 0 Å². The molecule has 0 atom stereocenters. The van der Waals surface area contributed by atoms with Gasteiger partial charge in [-0.05, 0) is 49.2 Å². The number of carbonyl (C=O) groups excluding carboxylic acids is 2. The Morgan fingerprint density at radius 3 is 2.43 bits per heavy atom. The van der Waals surface area contributed by atoms with Gasteiger partial charge in [-0.1, -0.05) is 18.2 Å². The fourth-order valence-corrected chi connectivity index (χ4v) is 2.91. The normalized spacial score (nSPS) is 10.2. The van der Waals surface area contributed by atoms with E-state index in [0.717, 1.165) is 22.7 Å². The van der Waals surface area contributed by atoms with E-state index in [1.807, 2.05) is 55.5 Å². The van der Waals surface area contributed by atoms with Crippen molar-refractivity contribution in [2.45, 2.75) is 26.7 Å². The number of rotatable bonds is 10. The highest BCUT2D eigenvalue weighted by molar-refractivity contribution is 5.92. The Morgan fingerprint density at radius 1 is 1.07 bits per heavy atom. The average molecular weight is 384 g/mol. The first-order valence-electron chi connectivity index (χ1n) is 9.44. The highest BCUT2D eigenvalue weighted by atomic mass is 16.5. The highest BCUT2D eigenvalue weighted by Gasteiger charge is 2.13. The third-order valence-corrected chi connectivity index (χ3v) is 4.31. The van der Waals surface area contributed by atoms with Crippen LogP contribution >= 0.6 is 0 Å². The Balaban J connectivity index is 1.84. The maximum atomic E-state index is 12.2. The number of benzene rings is 2. The van der Waals surface area contributed by atoms with Crippen LogP contribution in [0.5, 0.6) is 11.5 Å². The molecule has 0 saturated carbocycles. The van der Waals surface area contributed by atoms with Gasteiger partial charge in [0.1, 0.15) is 11.5 Å². The molecule has 0 bridgehead atoms. The van der Waals surface area contributed by atoms with Gasteiger partial charge in [0, 0.05) is 32.1 Å². The molecule has 0 saturated heterocycles. The largest absolute Gasteiger partial charge is 0.496 e. The maximum Gasteiger partial charge on any atom is 0.223 e.